The first-order chi connectivity index (χ1) is 10.7. The number of nitrogens with one attached hydrogen (secondary N) is 1. The van der Waals surface area contributed by atoms with Gasteiger partial charge in [-0.25, -0.2) is 18.1 Å². The van der Waals surface area contributed by atoms with Crippen LogP contribution in [0.25, 0.3) is 10.2 Å². The number of hydrogen-bond donors (Lipinski definition) is 1. The van der Waals surface area contributed by atoms with Crippen LogP contribution in [-0.2, 0) is 10.0 Å². The van der Waals surface area contributed by atoms with Crippen LogP contribution in [0.5, 0.6) is 0 Å². The zero-order valence-electron chi connectivity index (χ0n) is 14.0. The van der Waals surface area contributed by atoms with Crippen LogP contribution in [0, 0.1) is 5.41 Å². The second-order valence-corrected chi connectivity index (χ2v) is 10.9. The van der Waals surface area contributed by atoms with Gasteiger partial charge in [-0.2, -0.15) is 0 Å². The van der Waals surface area contributed by atoms with Gasteiger partial charge in [-0.3, -0.25) is 0 Å². The fourth-order valence-corrected chi connectivity index (χ4v) is 5.62. The van der Waals surface area contributed by atoms with Crippen LogP contribution < -0.4 is 4.72 Å². The van der Waals surface area contributed by atoms with E-state index in [-0.39, 0.29) is 17.2 Å². The van der Waals surface area contributed by atoms with E-state index in [9.17, 15) is 8.42 Å². The maximum absolute atomic E-state index is 12.1. The summed E-state index contributed by atoms with van der Waals surface area (Å²) < 4.78 is 29.1. The second-order valence-electron chi connectivity index (χ2n) is 6.67. The highest BCUT2D eigenvalue weighted by Gasteiger charge is 2.24. The topological polar surface area (TPSA) is 59.1 Å². The maximum Gasteiger partial charge on any atom is 0.211 e. The molecule has 128 valence electrons. The van der Waals surface area contributed by atoms with E-state index in [4.69, 9.17) is 0 Å². The summed E-state index contributed by atoms with van der Waals surface area (Å²) in [5.74, 6) is 0.913. The Kier molecular flexibility index (Phi) is 6.10. The fourth-order valence-electron chi connectivity index (χ4n) is 1.83. The molecule has 2 aromatic rings. The molecule has 0 aliphatic rings. The SMILES string of the molecule is CC(NS(=O)(=O)CCCSc1nc2ccccc2s1)C(C)(C)C. The van der Waals surface area contributed by atoms with Gasteiger partial charge in [-0.05, 0) is 30.9 Å². The van der Waals surface area contributed by atoms with Crippen LogP contribution in [0.3, 0.4) is 0 Å². The van der Waals surface area contributed by atoms with Gasteiger partial charge in [0.2, 0.25) is 10.0 Å². The van der Waals surface area contributed by atoms with Gasteiger partial charge in [-0.1, -0.05) is 44.7 Å². The average Bonchev–Trinajstić information content (AvgIpc) is 2.85. The van der Waals surface area contributed by atoms with E-state index in [0.29, 0.717) is 6.42 Å². The smallest absolute Gasteiger partial charge is 0.211 e. The number of aromatic nitrogens is 1. The fraction of sp³-hybridized carbons (Fsp3) is 0.562. The molecular formula is C16H24N2O2S3. The van der Waals surface area contributed by atoms with E-state index in [1.54, 1.807) is 23.1 Å². The zero-order chi connectivity index (χ0) is 17.1. The molecule has 1 unspecified atom stereocenters. The molecule has 23 heavy (non-hydrogen) atoms. The highest BCUT2D eigenvalue weighted by Crippen LogP contribution is 2.29. The monoisotopic (exact) mass is 372 g/mol. The van der Waals surface area contributed by atoms with Gasteiger partial charge in [-0.15, -0.1) is 11.3 Å². The molecule has 0 bridgehead atoms. The van der Waals surface area contributed by atoms with Crippen molar-refractivity contribution >= 4 is 43.3 Å². The summed E-state index contributed by atoms with van der Waals surface area (Å²) in [5, 5.41) is 0. The van der Waals surface area contributed by atoms with Crippen molar-refractivity contribution in [3.63, 3.8) is 0 Å². The van der Waals surface area contributed by atoms with Crippen LogP contribution in [0.1, 0.15) is 34.1 Å². The minimum Gasteiger partial charge on any atom is -0.230 e. The first-order valence-corrected chi connectivity index (χ1v) is 11.1. The summed E-state index contributed by atoms with van der Waals surface area (Å²) in [4.78, 5) is 4.54. The molecule has 0 radical (unpaired) electrons. The highest BCUT2D eigenvalue weighted by atomic mass is 32.2. The molecule has 0 amide bonds. The number of rotatable bonds is 7. The molecule has 0 aliphatic heterocycles. The molecule has 0 saturated heterocycles. The summed E-state index contributed by atoms with van der Waals surface area (Å²) in [6.07, 6.45) is 0.618. The Morgan fingerprint density at radius 3 is 2.65 bits per heavy atom. The predicted octanol–water partition coefficient (Wildman–Crippen LogP) is 4.13. The molecule has 0 spiro atoms. The third-order valence-corrected chi connectivity index (χ3v) is 7.52. The van der Waals surface area contributed by atoms with Crippen molar-refractivity contribution in [3.05, 3.63) is 24.3 Å². The molecule has 2 rings (SSSR count). The first-order valence-electron chi connectivity index (χ1n) is 7.66. The second kappa shape index (κ2) is 7.51. The molecule has 1 aromatic carbocycles. The van der Waals surface area contributed by atoms with Crippen molar-refractivity contribution in [1.82, 2.24) is 9.71 Å². The van der Waals surface area contributed by atoms with Gasteiger partial charge in [0.15, 0.2) is 4.34 Å². The number of thiazole rings is 1. The van der Waals surface area contributed by atoms with Gasteiger partial charge in [0.1, 0.15) is 0 Å². The molecule has 1 N–H and O–H groups in total. The van der Waals surface area contributed by atoms with Gasteiger partial charge < -0.3 is 0 Å². The van der Waals surface area contributed by atoms with Gasteiger partial charge in [0.05, 0.1) is 16.0 Å². The molecule has 1 aromatic heterocycles. The molecule has 7 heteroatoms. The minimum absolute atomic E-state index is 0.0792. The largest absolute Gasteiger partial charge is 0.230 e. The highest BCUT2D eigenvalue weighted by molar-refractivity contribution is 8.01. The van der Waals surface area contributed by atoms with Crippen LogP contribution in [0.15, 0.2) is 28.6 Å². The van der Waals surface area contributed by atoms with Crippen molar-refractivity contribution in [3.8, 4) is 0 Å². The summed E-state index contributed by atoms with van der Waals surface area (Å²) >= 11 is 3.28. The Bertz CT molecular complexity index is 715. The van der Waals surface area contributed by atoms with Crippen molar-refractivity contribution in [2.24, 2.45) is 5.41 Å². The molecular weight excluding hydrogens is 348 g/mol. The lowest BCUT2D eigenvalue weighted by Crippen LogP contribution is -2.42. The third-order valence-electron chi connectivity index (χ3n) is 3.71. The van der Waals surface area contributed by atoms with Crippen LogP contribution in [0.4, 0.5) is 0 Å². The van der Waals surface area contributed by atoms with Crippen LogP contribution in [0.2, 0.25) is 0 Å². The lowest BCUT2D eigenvalue weighted by atomic mass is 9.89. The maximum atomic E-state index is 12.1. The number of fused-ring (bicyclic) bond motifs is 1. The predicted molar refractivity (Wildman–Crippen MR) is 101 cm³/mol. The van der Waals surface area contributed by atoms with Gasteiger partial charge in [0, 0.05) is 11.8 Å². The molecule has 1 heterocycles. The average molecular weight is 373 g/mol. The zero-order valence-corrected chi connectivity index (χ0v) is 16.4. The van der Waals surface area contributed by atoms with E-state index in [1.807, 2.05) is 45.9 Å². The van der Waals surface area contributed by atoms with Gasteiger partial charge in [0.25, 0.3) is 0 Å². The molecule has 1 atom stereocenters. The quantitative estimate of drug-likeness (QED) is 0.586. The van der Waals surface area contributed by atoms with Crippen LogP contribution in [-0.4, -0.2) is 30.9 Å². The minimum atomic E-state index is -3.22. The molecule has 0 fully saturated rings. The summed E-state index contributed by atoms with van der Waals surface area (Å²) in [5.41, 5.74) is 0.927. The lowest BCUT2D eigenvalue weighted by Gasteiger charge is -2.27. The van der Waals surface area contributed by atoms with Crippen molar-refractivity contribution < 1.29 is 8.42 Å². The Hall–Kier alpha value is -0.630. The van der Waals surface area contributed by atoms with Crippen molar-refractivity contribution in [2.75, 3.05) is 11.5 Å². The Labute approximate surface area is 147 Å². The normalized spacial score (nSPS) is 14.3. The van der Waals surface area contributed by atoms with E-state index in [2.05, 4.69) is 15.8 Å². The molecule has 4 nitrogen and oxygen atoms in total. The Morgan fingerprint density at radius 2 is 2.00 bits per heavy atom. The van der Waals surface area contributed by atoms with Crippen LogP contribution >= 0.6 is 23.1 Å². The van der Waals surface area contributed by atoms with E-state index < -0.39 is 10.0 Å². The standard InChI is InChI=1S/C16H24N2O2S3/c1-12(16(2,3)4)18-23(19,20)11-7-10-21-15-17-13-8-5-6-9-14(13)22-15/h5-6,8-9,12,18H,7,10-11H2,1-4H3. The van der Waals surface area contributed by atoms with E-state index in [1.165, 1.54) is 4.70 Å². The lowest BCUT2D eigenvalue weighted by molar-refractivity contribution is 0.317. The van der Waals surface area contributed by atoms with E-state index in [0.717, 1.165) is 15.6 Å². The van der Waals surface area contributed by atoms with Crippen molar-refractivity contribution in [1.29, 1.82) is 0 Å². The van der Waals surface area contributed by atoms with Gasteiger partial charge >= 0.3 is 0 Å². The third kappa shape index (κ3) is 5.74. The number of thioether (sulfide) groups is 1. The molecule has 0 aliphatic carbocycles. The summed E-state index contributed by atoms with van der Waals surface area (Å²) in [6.45, 7) is 8.00. The first kappa shape index (κ1) is 18.7. The Balaban J connectivity index is 1.80. The molecule has 0 saturated carbocycles. The number of benzene rings is 1. The number of hydrogen-bond acceptors (Lipinski definition) is 5. The number of sulfonamides is 1. The van der Waals surface area contributed by atoms with E-state index >= 15 is 0 Å². The number of para-hydroxylation sites is 1. The number of nitrogens with zero attached hydrogens (tertiary/aromatic N) is 1. The summed E-state index contributed by atoms with van der Waals surface area (Å²) in [7, 11) is -3.22. The summed E-state index contributed by atoms with van der Waals surface area (Å²) in [6, 6.07) is 7.95. The Morgan fingerprint density at radius 1 is 1.30 bits per heavy atom. The van der Waals surface area contributed by atoms with Crippen molar-refractivity contribution in [2.45, 2.75) is 44.5 Å².